The van der Waals surface area contributed by atoms with Crippen molar-refractivity contribution in [2.24, 2.45) is 0 Å². The summed E-state index contributed by atoms with van der Waals surface area (Å²) in [4.78, 5) is 13.9. The molecular formula is C16H23N5. The van der Waals surface area contributed by atoms with Gasteiger partial charge in [0.25, 0.3) is 0 Å². The Bertz CT molecular complexity index is 600. The highest BCUT2D eigenvalue weighted by Crippen LogP contribution is 2.38. The molecule has 0 radical (unpaired) electrons. The maximum absolute atomic E-state index is 4.75. The Morgan fingerprint density at radius 1 is 1.29 bits per heavy atom. The summed E-state index contributed by atoms with van der Waals surface area (Å²) in [6.07, 6.45) is 8.19. The molecule has 0 bridgehead atoms. The van der Waals surface area contributed by atoms with Crippen LogP contribution >= 0.6 is 0 Å². The molecule has 1 aliphatic carbocycles. The van der Waals surface area contributed by atoms with Crippen molar-refractivity contribution in [1.82, 2.24) is 19.5 Å². The minimum absolute atomic E-state index is 0.568. The molecule has 21 heavy (non-hydrogen) atoms. The van der Waals surface area contributed by atoms with Crippen LogP contribution in [0.15, 0.2) is 18.5 Å². The third-order valence-electron chi connectivity index (χ3n) is 3.78. The van der Waals surface area contributed by atoms with Crippen LogP contribution in [0.2, 0.25) is 0 Å². The van der Waals surface area contributed by atoms with Crippen molar-refractivity contribution >= 4 is 5.82 Å². The van der Waals surface area contributed by atoms with Gasteiger partial charge in [-0.25, -0.2) is 15.0 Å². The van der Waals surface area contributed by atoms with E-state index in [1.165, 1.54) is 12.8 Å². The fourth-order valence-corrected chi connectivity index (χ4v) is 2.43. The van der Waals surface area contributed by atoms with Gasteiger partial charge in [-0.15, -0.1) is 0 Å². The summed E-state index contributed by atoms with van der Waals surface area (Å²) < 4.78 is 2.16. The van der Waals surface area contributed by atoms with E-state index in [2.05, 4.69) is 39.8 Å². The third kappa shape index (κ3) is 3.40. The van der Waals surface area contributed by atoms with Gasteiger partial charge in [0.1, 0.15) is 17.5 Å². The van der Waals surface area contributed by atoms with Gasteiger partial charge >= 0.3 is 0 Å². The Morgan fingerprint density at radius 3 is 2.86 bits per heavy atom. The summed E-state index contributed by atoms with van der Waals surface area (Å²) >= 11 is 0. The lowest BCUT2D eigenvalue weighted by Crippen LogP contribution is -2.09. The molecule has 0 aliphatic heterocycles. The predicted molar refractivity (Wildman–Crippen MR) is 83.5 cm³/mol. The molecule has 112 valence electrons. The summed E-state index contributed by atoms with van der Waals surface area (Å²) in [5, 5.41) is 3.39. The van der Waals surface area contributed by atoms with Crippen LogP contribution < -0.4 is 5.32 Å². The fraction of sp³-hybridized carbons (Fsp3) is 0.562. The van der Waals surface area contributed by atoms with Gasteiger partial charge in [-0.05, 0) is 26.2 Å². The number of hydrogen-bond acceptors (Lipinski definition) is 4. The molecule has 0 amide bonds. The lowest BCUT2D eigenvalue weighted by Gasteiger charge is -2.10. The molecular weight excluding hydrogens is 262 g/mol. The molecule has 0 atom stereocenters. The van der Waals surface area contributed by atoms with E-state index in [1.807, 2.05) is 12.4 Å². The highest BCUT2D eigenvalue weighted by molar-refractivity contribution is 5.37. The molecule has 2 heterocycles. The minimum atomic E-state index is 0.568. The predicted octanol–water partition coefficient (Wildman–Crippen LogP) is 2.98. The smallest absolute Gasteiger partial charge is 0.134 e. The van der Waals surface area contributed by atoms with Crippen LogP contribution in [0.25, 0.3) is 0 Å². The van der Waals surface area contributed by atoms with Gasteiger partial charge in [0.05, 0.1) is 5.69 Å². The number of rotatable bonds is 7. The second kappa shape index (κ2) is 6.24. The summed E-state index contributed by atoms with van der Waals surface area (Å²) in [5.74, 6) is 3.59. The van der Waals surface area contributed by atoms with E-state index in [4.69, 9.17) is 4.98 Å². The number of anilines is 1. The van der Waals surface area contributed by atoms with Gasteiger partial charge in [0.2, 0.25) is 0 Å². The molecule has 0 saturated heterocycles. The summed E-state index contributed by atoms with van der Waals surface area (Å²) in [7, 11) is 0. The Morgan fingerprint density at radius 2 is 2.14 bits per heavy atom. The van der Waals surface area contributed by atoms with Crippen LogP contribution in [0.5, 0.6) is 0 Å². The van der Waals surface area contributed by atoms with Gasteiger partial charge in [-0.1, -0.05) is 6.92 Å². The molecule has 5 heteroatoms. The van der Waals surface area contributed by atoms with Crippen molar-refractivity contribution in [3.63, 3.8) is 0 Å². The Kier molecular flexibility index (Phi) is 4.18. The molecule has 1 aliphatic rings. The van der Waals surface area contributed by atoms with Crippen molar-refractivity contribution in [2.75, 3.05) is 11.9 Å². The molecule has 1 N–H and O–H groups in total. The average Bonchev–Trinajstić information content (AvgIpc) is 3.26. The first-order valence-corrected chi connectivity index (χ1v) is 7.91. The summed E-state index contributed by atoms with van der Waals surface area (Å²) in [6, 6.07) is 2.07. The van der Waals surface area contributed by atoms with E-state index in [0.717, 1.165) is 49.1 Å². The van der Waals surface area contributed by atoms with Crippen LogP contribution in [-0.2, 0) is 13.0 Å². The monoisotopic (exact) mass is 285 g/mol. The van der Waals surface area contributed by atoms with E-state index < -0.39 is 0 Å². The molecule has 2 aromatic rings. The maximum atomic E-state index is 4.75. The van der Waals surface area contributed by atoms with E-state index in [9.17, 15) is 0 Å². The van der Waals surface area contributed by atoms with Gasteiger partial charge in [0.15, 0.2) is 0 Å². The van der Waals surface area contributed by atoms with Crippen LogP contribution in [-0.4, -0.2) is 26.1 Å². The molecule has 0 aromatic carbocycles. The van der Waals surface area contributed by atoms with E-state index >= 15 is 0 Å². The summed E-state index contributed by atoms with van der Waals surface area (Å²) in [5.41, 5.74) is 1.06. The number of hydrogen-bond donors (Lipinski definition) is 1. The topological polar surface area (TPSA) is 55.6 Å². The molecule has 1 saturated carbocycles. The number of nitrogens with one attached hydrogen (secondary N) is 1. The molecule has 3 rings (SSSR count). The second-order valence-corrected chi connectivity index (χ2v) is 5.61. The lowest BCUT2D eigenvalue weighted by molar-refractivity contribution is 0.706. The first-order valence-electron chi connectivity index (χ1n) is 7.91. The normalized spacial score (nSPS) is 14.4. The van der Waals surface area contributed by atoms with Gasteiger partial charge in [-0.3, -0.25) is 0 Å². The zero-order chi connectivity index (χ0) is 14.7. The zero-order valence-electron chi connectivity index (χ0n) is 12.8. The van der Waals surface area contributed by atoms with Gasteiger partial charge < -0.3 is 9.88 Å². The number of imidazole rings is 1. The Hall–Kier alpha value is -1.91. The zero-order valence-corrected chi connectivity index (χ0v) is 12.8. The molecule has 1 fully saturated rings. The Balaban J connectivity index is 1.84. The van der Waals surface area contributed by atoms with Gasteiger partial charge in [-0.2, -0.15) is 0 Å². The Labute approximate surface area is 125 Å². The molecule has 2 aromatic heterocycles. The first kappa shape index (κ1) is 14.0. The van der Waals surface area contributed by atoms with Crippen LogP contribution in [0, 0.1) is 0 Å². The highest BCUT2D eigenvalue weighted by atomic mass is 15.1. The molecule has 0 spiro atoms. The second-order valence-electron chi connectivity index (χ2n) is 5.61. The van der Waals surface area contributed by atoms with E-state index in [-0.39, 0.29) is 0 Å². The van der Waals surface area contributed by atoms with Crippen molar-refractivity contribution in [3.8, 4) is 0 Å². The fourth-order valence-electron chi connectivity index (χ4n) is 2.43. The van der Waals surface area contributed by atoms with Crippen LogP contribution in [0.4, 0.5) is 5.82 Å². The highest BCUT2D eigenvalue weighted by Gasteiger charge is 2.27. The van der Waals surface area contributed by atoms with Crippen molar-refractivity contribution < 1.29 is 0 Å². The van der Waals surface area contributed by atoms with Gasteiger partial charge in [0, 0.05) is 43.9 Å². The summed E-state index contributed by atoms with van der Waals surface area (Å²) in [6.45, 7) is 6.19. The maximum Gasteiger partial charge on any atom is 0.134 e. The number of aromatic nitrogens is 4. The first-order chi connectivity index (χ1) is 10.3. The standard InChI is InChI=1S/C16H23N5/c1-3-7-17-14-10-13(19-16(20-14)12-5-6-12)11-15-18-8-9-21(15)4-2/h8-10,12H,3-7,11H2,1-2H3,(H,17,19,20). The quantitative estimate of drug-likeness (QED) is 0.849. The average molecular weight is 285 g/mol. The van der Waals surface area contributed by atoms with Crippen LogP contribution in [0.1, 0.15) is 56.4 Å². The van der Waals surface area contributed by atoms with E-state index in [1.54, 1.807) is 0 Å². The van der Waals surface area contributed by atoms with Crippen molar-refractivity contribution in [2.45, 2.75) is 52.0 Å². The third-order valence-corrected chi connectivity index (χ3v) is 3.78. The van der Waals surface area contributed by atoms with Crippen molar-refractivity contribution in [1.29, 1.82) is 0 Å². The minimum Gasteiger partial charge on any atom is -0.370 e. The van der Waals surface area contributed by atoms with E-state index in [0.29, 0.717) is 5.92 Å². The molecule has 0 unspecified atom stereocenters. The number of nitrogens with zero attached hydrogens (tertiary/aromatic N) is 4. The largest absolute Gasteiger partial charge is 0.370 e. The lowest BCUT2D eigenvalue weighted by atomic mass is 10.2. The van der Waals surface area contributed by atoms with Crippen LogP contribution in [0.3, 0.4) is 0 Å². The molecule has 5 nitrogen and oxygen atoms in total. The SMILES string of the molecule is CCCNc1cc(Cc2nccn2CC)nc(C2CC2)n1. The van der Waals surface area contributed by atoms with Crippen molar-refractivity contribution in [3.05, 3.63) is 35.8 Å². The number of aryl methyl sites for hydroxylation is 1.